The topological polar surface area (TPSA) is 74.0 Å². The molecular weight excluding hydrogens is 373 g/mol. The minimum atomic E-state index is -0.936. The molecule has 8 heteroatoms. The number of hydrogen-bond donors (Lipinski definition) is 1. The van der Waals surface area contributed by atoms with E-state index < -0.39 is 6.09 Å². The quantitative estimate of drug-likeness (QED) is 0.736. The van der Waals surface area contributed by atoms with E-state index in [4.69, 9.17) is 5.10 Å². The predicted octanol–water partition coefficient (Wildman–Crippen LogP) is 3.59. The first-order valence-electron chi connectivity index (χ1n) is 9.64. The molecule has 148 valence electrons. The Kier molecular flexibility index (Phi) is 4.19. The van der Waals surface area contributed by atoms with E-state index in [1.165, 1.54) is 11.0 Å². The second-order valence-corrected chi connectivity index (χ2v) is 7.40. The highest BCUT2D eigenvalue weighted by Crippen LogP contribution is 2.35. The van der Waals surface area contributed by atoms with Crippen molar-refractivity contribution in [3.05, 3.63) is 65.7 Å². The molecule has 1 atom stereocenters. The van der Waals surface area contributed by atoms with Gasteiger partial charge in [0.05, 0.1) is 24.5 Å². The highest BCUT2D eigenvalue weighted by Gasteiger charge is 2.28. The lowest BCUT2D eigenvalue weighted by Crippen LogP contribution is -2.27. The van der Waals surface area contributed by atoms with Crippen molar-refractivity contribution in [3.63, 3.8) is 0 Å². The average Bonchev–Trinajstić information content (AvgIpc) is 3.45. The number of carbonyl (C=O) groups is 1. The van der Waals surface area contributed by atoms with E-state index in [2.05, 4.69) is 9.88 Å². The van der Waals surface area contributed by atoms with E-state index in [0.29, 0.717) is 18.7 Å². The fourth-order valence-corrected chi connectivity index (χ4v) is 4.22. The summed E-state index contributed by atoms with van der Waals surface area (Å²) in [6.07, 6.45) is 4.65. The van der Waals surface area contributed by atoms with Crippen molar-refractivity contribution in [2.75, 3.05) is 24.5 Å². The SMILES string of the molecule is O=C(O)N1CC=C(c2cnc3ccc(N4CCCC4c4cccc(F)c4)nn23)C1. The van der Waals surface area contributed by atoms with E-state index in [1.807, 2.05) is 24.3 Å². The van der Waals surface area contributed by atoms with Gasteiger partial charge in [0, 0.05) is 13.1 Å². The summed E-state index contributed by atoms with van der Waals surface area (Å²) in [5, 5.41) is 14.0. The molecule has 1 unspecified atom stereocenters. The molecule has 7 nitrogen and oxygen atoms in total. The molecule has 0 aliphatic carbocycles. The molecule has 2 aliphatic heterocycles. The van der Waals surface area contributed by atoms with Crippen LogP contribution in [0.5, 0.6) is 0 Å². The Morgan fingerprint density at radius 2 is 2.14 bits per heavy atom. The van der Waals surface area contributed by atoms with E-state index >= 15 is 0 Å². The van der Waals surface area contributed by atoms with Crippen LogP contribution in [0.1, 0.15) is 30.1 Å². The lowest BCUT2D eigenvalue weighted by Gasteiger charge is -2.26. The molecule has 1 N–H and O–H groups in total. The summed E-state index contributed by atoms with van der Waals surface area (Å²) in [4.78, 5) is 19.2. The lowest BCUT2D eigenvalue weighted by atomic mass is 10.0. The summed E-state index contributed by atoms with van der Waals surface area (Å²) in [5.74, 6) is 0.572. The molecule has 1 amide bonds. The largest absolute Gasteiger partial charge is 0.465 e. The third-order valence-corrected chi connectivity index (χ3v) is 5.65. The van der Waals surface area contributed by atoms with Gasteiger partial charge >= 0.3 is 6.09 Å². The van der Waals surface area contributed by atoms with Crippen LogP contribution in [0.4, 0.5) is 15.0 Å². The maximum absolute atomic E-state index is 13.7. The average molecular weight is 393 g/mol. The Morgan fingerprint density at radius 3 is 2.93 bits per heavy atom. The van der Waals surface area contributed by atoms with Gasteiger partial charge in [0.15, 0.2) is 5.65 Å². The first-order valence-corrected chi connectivity index (χ1v) is 9.64. The minimum Gasteiger partial charge on any atom is -0.465 e. The van der Waals surface area contributed by atoms with Crippen molar-refractivity contribution in [1.82, 2.24) is 19.5 Å². The Balaban J connectivity index is 1.49. The third-order valence-electron chi connectivity index (χ3n) is 5.65. The fraction of sp³-hybridized carbons (Fsp3) is 0.286. The van der Waals surface area contributed by atoms with Gasteiger partial charge < -0.3 is 14.9 Å². The first kappa shape index (κ1) is 17.7. The van der Waals surface area contributed by atoms with Gasteiger partial charge in [-0.3, -0.25) is 0 Å². The van der Waals surface area contributed by atoms with Crippen molar-refractivity contribution >= 4 is 23.1 Å². The smallest absolute Gasteiger partial charge is 0.407 e. The van der Waals surface area contributed by atoms with Crippen LogP contribution in [0.15, 0.2) is 48.7 Å². The molecular formula is C21H20FN5O2. The maximum Gasteiger partial charge on any atom is 0.407 e. The van der Waals surface area contributed by atoms with Crippen molar-refractivity contribution < 1.29 is 14.3 Å². The summed E-state index contributed by atoms with van der Waals surface area (Å²) in [5.41, 5.74) is 3.35. The number of rotatable bonds is 3. The zero-order valence-electron chi connectivity index (χ0n) is 15.7. The van der Waals surface area contributed by atoms with Gasteiger partial charge in [0.2, 0.25) is 0 Å². The van der Waals surface area contributed by atoms with Gasteiger partial charge in [0.1, 0.15) is 11.6 Å². The monoisotopic (exact) mass is 393 g/mol. The molecule has 0 spiro atoms. The van der Waals surface area contributed by atoms with Crippen LogP contribution < -0.4 is 4.90 Å². The Morgan fingerprint density at radius 1 is 1.24 bits per heavy atom. The van der Waals surface area contributed by atoms with Crippen LogP contribution in [0.2, 0.25) is 0 Å². The van der Waals surface area contributed by atoms with E-state index in [0.717, 1.165) is 42.0 Å². The predicted molar refractivity (Wildman–Crippen MR) is 106 cm³/mol. The molecule has 1 fully saturated rings. The number of aromatic nitrogens is 3. The van der Waals surface area contributed by atoms with Crippen LogP contribution in [-0.2, 0) is 0 Å². The number of halogens is 1. The fourth-order valence-electron chi connectivity index (χ4n) is 4.22. The molecule has 4 heterocycles. The second kappa shape index (κ2) is 6.88. The second-order valence-electron chi connectivity index (χ2n) is 7.40. The van der Waals surface area contributed by atoms with E-state index in [9.17, 15) is 14.3 Å². The standard InChI is InChI=1S/C21H20FN5O2/c22-16-4-1-3-14(11-16)17-5-2-9-26(17)20-7-6-19-23-12-18(27(19)24-20)15-8-10-25(13-15)21(28)29/h1,3-4,6-8,11-12,17H,2,5,9-10,13H2,(H,28,29). The van der Waals surface area contributed by atoms with E-state index in [1.54, 1.807) is 22.8 Å². The Hall–Kier alpha value is -3.42. The summed E-state index contributed by atoms with van der Waals surface area (Å²) < 4.78 is 15.5. The third kappa shape index (κ3) is 3.10. The van der Waals surface area contributed by atoms with Gasteiger partial charge in [-0.25, -0.2) is 18.7 Å². The summed E-state index contributed by atoms with van der Waals surface area (Å²) in [7, 11) is 0. The molecule has 1 aromatic carbocycles. The zero-order valence-corrected chi connectivity index (χ0v) is 15.7. The Bertz CT molecular complexity index is 1130. The molecule has 0 radical (unpaired) electrons. The zero-order chi connectivity index (χ0) is 20.0. The highest BCUT2D eigenvalue weighted by atomic mass is 19.1. The lowest BCUT2D eigenvalue weighted by molar-refractivity contribution is 0.158. The van der Waals surface area contributed by atoms with Crippen molar-refractivity contribution in [2.24, 2.45) is 0 Å². The summed E-state index contributed by atoms with van der Waals surface area (Å²) >= 11 is 0. The molecule has 1 saturated heterocycles. The van der Waals surface area contributed by atoms with Gasteiger partial charge in [0.25, 0.3) is 0 Å². The minimum absolute atomic E-state index is 0.0795. The van der Waals surface area contributed by atoms with Gasteiger partial charge in [-0.05, 0) is 48.2 Å². The molecule has 0 bridgehead atoms. The number of hydrogen-bond acceptors (Lipinski definition) is 4. The Labute approximate surface area is 166 Å². The van der Waals surface area contributed by atoms with Crippen LogP contribution in [0, 0.1) is 5.82 Å². The maximum atomic E-state index is 13.7. The number of fused-ring (bicyclic) bond motifs is 1. The summed E-state index contributed by atoms with van der Waals surface area (Å²) in [6, 6.07) is 10.7. The number of benzene rings is 1. The van der Waals surface area contributed by atoms with Gasteiger partial charge in [-0.15, -0.1) is 5.10 Å². The number of carboxylic acid groups (broad SMARTS) is 1. The number of nitrogens with zero attached hydrogens (tertiary/aromatic N) is 5. The molecule has 2 aromatic heterocycles. The van der Waals surface area contributed by atoms with Crippen LogP contribution in [-0.4, -0.2) is 50.3 Å². The van der Waals surface area contributed by atoms with Crippen molar-refractivity contribution in [3.8, 4) is 0 Å². The van der Waals surface area contributed by atoms with Gasteiger partial charge in [-0.2, -0.15) is 0 Å². The number of amides is 1. The van der Waals surface area contributed by atoms with Gasteiger partial charge in [-0.1, -0.05) is 18.2 Å². The van der Waals surface area contributed by atoms with Crippen LogP contribution in [0.3, 0.4) is 0 Å². The highest BCUT2D eigenvalue weighted by molar-refractivity contribution is 5.76. The normalized spacial score (nSPS) is 19.2. The molecule has 0 saturated carbocycles. The van der Waals surface area contributed by atoms with Crippen LogP contribution >= 0.6 is 0 Å². The van der Waals surface area contributed by atoms with Crippen molar-refractivity contribution in [1.29, 1.82) is 0 Å². The molecule has 3 aromatic rings. The van der Waals surface area contributed by atoms with E-state index in [-0.39, 0.29) is 11.9 Å². The van der Waals surface area contributed by atoms with Crippen LogP contribution in [0.25, 0.3) is 11.2 Å². The number of anilines is 1. The molecule has 29 heavy (non-hydrogen) atoms. The number of imidazole rings is 1. The molecule has 2 aliphatic rings. The van der Waals surface area contributed by atoms with Crippen molar-refractivity contribution in [2.45, 2.75) is 18.9 Å². The summed E-state index contributed by atoms with van der Waals surface area (Å²) in [6.45, 7) is 1.54. The first-order chi connectivity index (χ1) is 14.1. The molecule has 5 rings (SSSR count).